The third-order valence-corrected chi connectivity index (χ3v) is 8.04. The average molecular weight is 546 g/mol. The molecule has 0 atom stereocenters. The summed E-state index contributed by atoms with van der Waals surface area (Å²) in [4.78, 5) is 26.9. The number of hydrogen-bond acceptors (Lipinski definition) is 4. The summed E-state index contributed by atoms with van der Waals surface area (Å²) in [5.41, 5.74) is 4.78. The van der Waals surface area contributed by atoms with Crippen molar-refractivity contribution in [2.75, 3.05) is 39.3 Å². The predicted molar refractivity (Wildman–Crippen MR) is 151 cm³/mol. The molecule has 6 nitrogen and oxygen atoms in total. The van der Waals surface area contributed by atoms with Gasteiger partial charge >= 0.3 is 0 Å². The number of likely N-dealkylation sites (tertiary alicyclic amines) is 2. The van der Waals surface area contributed by atoms with Crippen molar-refractivity contribution in [1.82, 2.24) is 20.4 Å². The lowest BCUT2D eigenvalue weighted by molar-refractivity contribution is -0.119. The van der Waals surface area contributed by atoms with Crippen LogP contribution in [0.3, 0.4) is 0 Å². The van der Waals surface area contributed by atoms with Crippen molar-refractivity contribution in [3.8, 4) is 11.1 Å². The highest BCUT2D eigenvalue weighted by Crippen LogP contribution is 2.30. The quantitative estimate of drug-likeness (QED) is 0.414. The molecule has 37 heavy (non-hydrogen) atoms. The number of hydrogen-bond donors (Lipinski definition) is 2. The fraction of sp³-hybridized carbons (Fsp3) is 0.517. The van der Waals surface area contributed by atoms with Crippen LogP contribution in [0.2, 0.25) is 10.0 Å². The molecule has 2 saturated heterocycles. The molecule has 0 saturated carbocycles. The first-order valence-electron chi connectivity index (χ1n) is 13.3. The van der Waals surface area contributed by atoms with E-state index in [-0.39, 0.29) is 5.91 Å². The minimum atomic E-state index is 0.0507. The van der Waals surface area contributed by atoms with E-state index in [2.05, 4.69) is 38.6 Å². The van der Waals surface area contributed by atoms with Crippen molar-refractivity contribution in [2.24, 2.45) is 11.8 Å². The Morgan fingerprint density at radius 2 is 1.30 bits per heavy atom. The van der Waals surface area contributed by atoms with E-state index in [9.17, 15) is 9.59 Å². The summed E-state index contributed by atoms with van der Waals surface area (Å²) in [5, 5.41) is 7.09. The van der Waals surface area contributed by atoms with Crippen LogP contribution in [0.4, 0.5) is 0 Å². The minimum absolute atomic E-state index is 0.0507. The molecule has 0 aromatic heterocycles. The Bertz CT molecular complexity index is 1040. The fourth-order valence-corrected chi connectivity index (χ4v) is 6.07. The van der Waals surface area contributed by atoms with Crippen LogP contribution in [0.1, 0.15) is 43.7 Å². The van der Waals surface area contributed by atoms with Gasteiger partial charge in [0.15, 0.2) is 0 Å². The van der Waals surface area contributed by atoms with Gasteiger partial charge in [0.1, 0.15) is 0 Å². The minimum Gasteiger partial charge on any atom is -0.358 e. The molecule has 0 aliphatic carbocycles. The number of halogens is 2. The van der Waals surface area contributed by atoms with Gasteiger partial charge in [-0.1, -0.05) is 29.3 Å². The maximum absolute atomic E-state index is 11.3. The molecule has 0 bridgehead atoms. The topological polar surface area (TPSA) is 64.7 Å². The molecule has 2 aliphatic heterocycles. The molecule has 2 aliphatic rings. The zero-order valence-electron chi connectivity index (χ0n) is 21.6. The molecule has 2 fully saturated rings. The lowest BCUT2D eigenvalue weighted by Crippen LogP contribution is -2.38. The Morgan fingerprint density at radius 1 is 0.811 bits per heavy atom. The van der Waals surface area contributed by atoms with E-state index in [1.807, 2.05) is 12.1 Å². The van der Waals surface area contributed by atoms with Crippen molar-refractivity contribution in [1.29, 1.82) is 0 Å². The van der Waals surface area contributed by atoms with E-state index in [0.717, 1.165) is 95.6 Å². The molecule has 2 amide bonds. The van der Waals surface area contributed by atoms with Gasteiger partial charge in [-0.25, -0.2) is 0 Å². The van der Waals surface area contributed by atoms with Gasteiger partial charge in [0.2, 0.25) is 12.3 Å². The third kappa shape index (κ3) is 8.71. The summed E-state index contributed by atoms with van der Waals surface area (Å²) in [6.45, 7) is 9.09. The van der Waals surface area contributed by atoms with Gasteiger partial charge < -0.3 is 10.6 Å². The number of rotatable bonds is 10. The van der Waals surface area contributed by atoms with Gasteiger partial charge in [-0.2, -0.15) is 0 Å². The van der Waals surface area contributed by atoms with Crippen LogP contribution in [0, 0.1) is 11.8 Å². The summed E-state index contributed by atoms with van der Waals surface area (Å²) < 4.78 is 0. The van der Waals surface area contributed by atoms with Crippen LogP contribution in [0.15, 0.2) is 36.4 Å². The van der Waals surface area contributed by atoms with Crippen LogP contribution in [-0.4, -0.2) is 61.4 Å². The maximum atomic E-state index is 11.3. The second kappa shape index (κ2) is 13.6. The summed E-state index contributed by atoms with van der Waals surface area (Å²) in [6.07, 6.45) is 5.21. The summed E-state index contributed by atoms with van der Waals surface area (Å²) in [5.74, 6) is 1.17. The van der Waals surface area contributed by atoms with Crippen LogP contribution >= 0.6 is 23.2 Å². The highest BCUT2D eigenvalue weighted by Gasteiger charge is 2.21. The van der Waals surface area contributed by atoms with E-state index in [1.54, 1.807) is 13.0 Å². The monoisotopic (exact) mass is 544 g/mol. The van der Waals surface area contributed by atoms with E-state index in [0.29, 0.717) is 21.9 Å². The van der Waals surface area contributed by atoms with Crippen molar-refractivity contribution >= 4 is 35.5 Å². The normalized spacial score (nSPS) is 18.0. The van der Waals surface area contributed by atoms with Crippen LogP contribution < -0.4 is 10.6 Å². The lowest BCUT2D eigenvalue weighted by atomic mass is 9.94. The van der Waals surface area contributed by atoms with E-state index in [1.165, 1.54) is 11.1 Å². The standard InChI is InChI=1S/C29H38Cl2N4O2/c1-21(37)33-17-23-4-8-35(9-5-23)19-25-10-24(18-34-6-2-22(3-7-34)16-32-20-36)11-26(12-25)27-13-28(30)15-29(31)14-27/h10-15,20,22-23H,2-9,16-19H2,1H3,(H,32,36)(H,33,37). The molecule has 4 rings (SSSR count). The smallest absolute Gasteiger partial charge is 0.216 e. The Kier molecular flexibility index (Phi) is 10.3. The first kappa shape index (κ1) is 27.9. The first-order valence-corrected chi connectivity index (χ1v) is 14.1. The Labute approximate surface area is 230 Å². The molecule has 0 unspecified atom stereocenters. The van der Waals surface area contributed by atoms with E-state index in [4.69, 9.17) is 23.2 Å². The zero-order chi connectivity index (χ0) is 26.2. The van der Waals surface area contributed by atoms with Gasteiger partial charge in [-0.3, -0.25) is 19.4 Å². The van der Waals surface area contributed by atoms with Gasteiger partial charge in [0, 0.05) is 43.1 Å². The molecule has 8 heteroatoms. The van der Waals surface area contributed by atoms with Crippen molar-refractivity contribution in [3.63, 3.8) is 0 Å². The number of nitrogens with zero attached hydrogens (tertiary/aromatic N) is 2. The SMILES string of the molecule is CC(=O)NCC1CCN(Cc2cc(CN3CCC(CNC=O)CC3)cc(-c3cc(Cl)cc(Cl)c3)c2)CC1. The number of piperidine rings is 2. The predicted octanol–water partition coefficient (Wildman–Crippen LogP) is 4.97. The Hall–Kier alpha value is -2.12. The number of nitrogens with one attached hydrogen (secondary N) is 2. The molecule has 2 aromatic rings. The second-order valence-corrected chi connectivity index (χ2v) is 11.5. The Morgan fingerprint density at radius 3 is 1.78 bits per heavy atom. The van der Waals surface area contributed by atoms with Gasteiger partial charge in [0.05, 0.1) is 0 Å². The van der Waals surface area contributed by atoms with Crippen molar-refractivity contribution in [3.05, 3.63) is 57.6 Å². The summed E-state index contributed by atoms with van der Waals surface area (Å²) in [6, 6.07) is 12.6. The molecule has 0 spiro atoms. The number of carbonyl (C=O) groups excluding carboxylic acids is 2. The second-order valence-electron chi connectivity index (χ2n) is 10.6. The van der Waals surface area contributed by atoms with Crippen LogP contribution in [-0.2, 0) is 22.7 Å². The average Bonchev–Trinajstić information content (AvgIpc) is 2.87. The molecule has 2 N–H and O–H groups in total. The fourth-order valence-electron chi connectivity index (χ4n) is 5.55. The molecule has 2 aromatic carbocycles. The maximum Gasteiger partial charge on any atom is 0.216 e. The van der Waals surface area contributed by atoms with Gasteiger partial charge in [-0.05, 0) is 116 Å². The summed E-state index contributed by atoms with van der Waals surface area (Å²) >= 11 is 12.7. The van der Waals surface area contributed by atoms with Crippen molar-refractivity contribution in [2.45, 2.75) is 45.7 Å². The van der Waals surface area contributed by atoms with Gasteiger partial charge in [-0.15, -0.1) is 0 Å². The largest absolute Gasteiger partial charge is 0.358 e. The number of carbonyl (C=O) groups is 2. The van der Waals surface area contributed by atoms with E-state index < -0.39 is 0 Å². The number of amides is 2. The van der Waals surface area contributed by atoms with Crippen LogP contribution in [0.25, 0.3) is 11.1 Å². The van der Waals surface area contributed by atoms with Crippen molar-refractivity contribution < 1.29 is 9.59 Å². The summed E-state index contributed by atoms with van der Waals surface area (Å²) in [7, 11) is 0. The highest BCUT2D eigenvalue weighted by atomic mass is 35.5. The molecular weight excluding hydrogens is 507 g/mol. The third-order valence-electron chi connectivity index (χ3n) is 7.60. The molecule has 2 heterocycles. The highest BCUT2D eigenvalue weighted by molar-refractivity contribution is 6.35. The van der Waals surface area contributed by atoms with Crippen LogP contribution in [0.5, 0.6) is 0 Å². The van der Waals surface area contributed by atoms with Gasteiger partial charge in [0.25, 0.3) is 0 Å². The lowest BCUT2D eigenvalue weighted by Gasteiger charge is -2.33. The first-order chi connectivity index (χ1) is 17.9. The molecular formula is C29H38Cl2N4O2. The zero-order valence-corrected chi connectivity index (χ0v) is 23.2. The Balaban J connectivity index is 1.46. The molecule has 200 valence electrons. The molecule has 0 radical (unpaired) electrons. The van der Waals surface area contributed by atoms with E-state index >= 15 is 0 Å². The number of benzene rings is 2.